The number of rotatable bonds is 4. The van der Waals surface area contributed by atoms with Crippen LogP contribution in [-0.4, -0.2) is 67.7 Å². The zero-order valence-corrected chi connectivity index (χ0v) is 20.2. The van der Waals surface area contributed by atoms with Crippen LogP contribution in [0.5, 0.6) is 0 Å². The third-order valence-corrected chi connectivity index (χ3v) is 8.78. The summed E-state index contributed by atoms with van der Waals surface area (Å²) in [5.74, 6) is -0.550. The second kappa shape index (κ2) is 8.71. The molecule has 2 N–H and O–H groups in total. The monoisotopic (exact) mass is 507 g/mol. The number of carbonyl (C=O) groups excluding carboxylic acids is 1. The Morgan fingerprint density at radius 2 is 1.97 bits per heavy atom. The van der Waals surface area contributed by atoms with E-state index in [1.807, 2.05) is 36.4 Å². The number of imidazole rings is 1. The van der Waals surface area contributed by atoms with Crippen molar-refractivity contribution in [1.82, 2.24) is 33.8 Å². The number of H-pyrrole nitrogens is 2. The summed E-state index contributed by atoms with van der Waals surface area (Å²) in [6.07, 6.45) is 4.21. The fourth-order valence-electron chi connectivity index (χ4n) is 5.09. The Morgan fingerprint density at radius 1 is 1.14 bits per heavy atom. The molecule has 0 bridgehead atoms. The molecule has 2 aliphatic rings. The van der Waals surface area contributed by atoms with Gasteiger partial charge in [-0.1, -0.05) is 30.3 Å². The van der Waals surface area contributed by atoms with Gasteiger partial charge in [-0.15, -0.1) is 0 Å². The van der Waals surface area contributed by atoms with E-state index in [1.54, 1.807) is 4.90 Å². The lowest BCUT2D eigenvalue weighted by atomic mass is 9.96. The van der Waals surface area contributed by atoms with Crippen LogP contribution in [0.25, 0.3) is 16.9 Å². The molecule has 4 aromatic rings. The average Bonchev–Trinajstić information content (AvgIpc) is 3.60. The first-order valence-corrected chi connectivity index (χ1v) is 13.3. The molecule has 11 nitrogen and oxygen atoms in total. The van der Waals surface area contributed by atoms with Gasteiger partial charge < -0.3 is 9.88 Å². The molecule has 3 aromatic heterocycles. The maximum absolute atomic E-state index is 13.4. The molecule has 5 heterocycles. The summed E-state index contributed by atoms with van der Waals surface area (Å²) < 4.78 is 28.6. The van der Waals surface area contributed by atoms with E-state index in [0.29, 0.717) is 49.3 Å². The molecule has 1 fully saturated rings. The van der Waals surface area contributed by atoms with Crippen molar-refractivity contribution in [1.29, 1.82) is 0 Å². The fourth-order valence-corrected chi connectivity index (χ4v) is 6.51. The van der Waals surface area contributed by atoms with Gasteiger partial charge in [0.2, 0.25) is 5.91 Å². The molecular weight excluding hydrogens is 482 g/mol. The summed E-state index contributed by atoms with van der Waals surface area (Å²) in [4.78, 5) is 39.5. The normalized spacial score (nSPS) is 18.9. The van der Waals surface area contributed by atoms with E-state index >= 15 is 0 Å². The van der Waals surface area contributed by atoms with Crippen molar-refractivity contribution in [2.45, 2.75) is 30.8 Å². The quantitative estimate of drug-likeness (QED) is 0.429. The van der Waals surface area contributed by atoms with Gasteiger partial charge in [-0.3, -0.25) is 14.7 Å². The topological polar surface area (TPSA) is 137 Å². The molecule has 0 aliphatic carbocycles. The van der Waals surface area contributed by atoms with Crippen molar-refractivity contribution in [3.8, 4) is 11.3 Å². The van der Waals surface area contributed by atoms with E-state index in [4.69, 9.17) is 4.98 Å². The van der Waals surface area contributed by atoms with Gasteiger partial charge in [-0.25, -0.2) is 22.9 Å². The highest BCUT2D eigenvalue weighted by Crippen LogP contribution is 2.26. The third-order valence-electron chi connectivity index (χ3n) is 6.99. The second-order valence-electron chi connectivity index (χ2n) is 9.20. The molecule has 2 aliphatic heterocycles. The lowest BCUT2D eigenvalue weighted by Gasteiger charge is -2.35. The first kappa shape index (κ1) is 22.7. The van der Waals surface area contributed by atoms with Crippen LogP contribution < -0.4 is 5.56 Å². The average molecular weight is 508 g/mol. The van der Waals surface area contributed by atoms with Gasteiger partial charge >= 0.3 is 0 Å². The number of aromatic amines is 2. The van der Waals surface area contributed by atoms with Gasteiger partial charge in [0, 0.05) is 31.3 Å². The Labute approximate surface area is 206 Å². The van der Waals surface area contributed by atoms with Crippen LogP contribution in [0.15, 0.2) is 58.7 Å². The molecule has 0 unspecified atom stereocenters. The van der Waals surface area contributed by atoms with Gasteiger partial charge in [0.15, 0.2) is 10.7 Å². The highest BCUT2D eigenvalue weighted by atomic mass is 32.2. The standard InChI is InChI=1S/C24H25N7O4S/c32-23(17-7-4-9-30(13-17)36(34,35)22-12-25-15-26-22)29-10-8-18-20(14-29)27-21-11-19(28-31(21)24(18)33)16-5-2-1-3-6-16/h1-3,5-6,11-12,15,17,28H,4,7-10,13-14H2,(H,25,26)/t17-/m0/s1. The van der Waals surface area contributed by atoms with Gasteiger partial charge in [-0.05, 0) is 24.8 Å². The highest BCUT2D eigenvalue weighted by molar-refractivity contribution is 7.89. The molecule has 12 heteroatoms. The molecule has 36 heavy (non-hydrogen) atoms. The maximum atomic E-state index is 13.4. The van der Waals surface area contributed by atoms with Crippen molar-refractivity contribution in [3.05, 3.63) is 70.5 Å². The Kier molecular flexibility index (Phi) is 5.49. The summed E-state index contributed by atoms with van der Waals surface area (Å²) in [6.45, 7) is 1.11. The van der Waals surface area contributed by atoms with E-state index < -0.39 is 15.9 Å². The summed E-state index contributed by atoms with van der Waals surface area (Å²) >= 11 is 0. The van der Waals surface area contributed by atoms with Crippen molar-refractivity contribution < 1.29 is 13.2 Å². The van der Waals surface area contributed by atoms with Gasteiger partial charge in [0.05, 0.1) is 36.4 Å². The number of piperidine rings is 1. The van der Waals surface area contributed by atoms with E-state index in [2.05, 4.69) is 15.1 Å². The van der Waals surface area contributed by atoms with Crippen LogP contribution >= 0.6 is 0 Å². The number of nitrogens with one attached hydrogen (secondary N) is 2. The molecule has 186 valence electrons. The molecule has 1 saturated heterocycles. The van der Waals surface area contributed by atoms with Crippen LogP contribution in [0.1, 0.15) is 24.1 Å². The molecule has 0 radical (unpaired) electrons. The predicted octanol–water partition coefficient (Wildman–Crippen LogP) is 1.40. The van der Waals surface area contributed by atoms with Crippen LogP contribution in [0.4, 0.5) is 0 Å². The van der Waals surface area contributed by atoms with Gasteiger partial charge in [-0.2, -0.15) is 4.31 Å². The Bertz CT molecular complexity index is 1590. The largest absolute Gasteiger partial charge is 0.336 e. The number of aromatic nitrogens is 5. The number of sulfonamides is 1. The summed E-state index contributed by atoms with van der Waals surface area (Å²) in [6, 6.07) is 11.5. The lowest BCUT2D eigenvalue weighted by Crippen LogP contribution is -2.48. The highest BCUT2D eigenvalue weighted by Gasteiger charge is 2.37. The van der Waals surface area contributed by atoms with Crippen LogP contribution in [0.2, 0.25) is 0 Å². The third kappa shape index (κ3) is 3.82. The molecule has 1 atom stereocenters. The lowest BCUT2D eigenvalue weighted by molar-refractivity contribution is -0.137. The minimum atomic E-state index is -3.73. The number of hydrogen-bond donors (Lipinski definition) is 2. The van der Waals surface area contributed by atoms with Crippen molar-refractivity contribution in [3.63, 3.8) is 0 Å². The second-order valence-corrected chi connectivity index (χ2v) is 11.1. The number of carbonyl (C=O) groups is 1. The Balaban J connectivity index is 1.23. The number of amides is 1. The molecule has 1 amide bonds. The minimum Gasteiger partial charge on any atom is -0.336 e. The zero-order chi connectivity index (χ0) is 24.9. The first-order chi connectivity index (χ1) is 17.4. The summed E-state index contributed by atoms with van der Waals surface area (Å²) in [5, 5.41) is 3.16. The number of benzene rings is 1. The zero-order valence-electron chi connectivity index (χ0n) is 19.4. The van der Waals surface area contributed by atoms with Gasteiger partial charge in [0.25, 0.3) is 15.6 Å². The summed E-state index contributed by atoms with van der Waals surface area (Å²) in [5.41, 5.74) is 3.28. The molecule has 6 rings (SSSR count). The van der Waals surface area contributed by atoms with Crippen molar-refractivity contribution in [2.75, 3.05) is 19.6 Å². The maximum Gasteiger partial charge on any atom is 0.276 e. The van der Waals surface area contributed by atoms with Gasteiger partial charge in [0.1, 0.15) is 0 Å². The van der Waals surface area contributed by atoms with Crippen LogP contribution in [0.3, 0.4) is 0 Å². The SMILES string of the molecule is O=C([C@H]1CCCN(S(=O)(=O)c2cnc[nH]2)C1)N1CCc2c(nc3cc(-c4ccccc4)[nH]n3c2=O)C1. The minimum absolute atomic E-state index is 0.0255. The molecule has 0 spiro atoms. The van der Waals surface area contributed by atoms with Crippen LogP contribution in [-0.2, 0) is 27.8 Å². The fraction of sp³-hybridized carbons (Fsp3) is 0.333. The number of nitrogens with zero attached hydrogens (tertiary/aromatic N) is 5. The Hall–Kier alpha value is -3.77. The predicted molar refractivity (Wildman–Crippen MR) is 130 cm³/mol. The van der Waals surface area contributed by atoms with E-state index in [-0.39, 0.29) is 29.6 Å². The summed E-state index contributed by atoms with van der Waals surface area (Å²) in [7, 11) is -3.73. The number of hydrogen-bond acceptors (Lipinski definition) is 6. The van der Waals surface area contributed by atoms with E-state index in [1.165, 1.54) is 21.3 Å². The van der Waals surface area contributed by atoms with Crippen LogP contribution in [0, 0.1) is 5.92 Å². The number of fused-ring (bicyclic) bond motifs is 2. The molecular formula is C24H25N7O4S. The smallest absolute Gasteiger partial charge is 0.276 e. The first-order valence-electron chi connectivity index (χ1n) is 11.9. The Morgan fingerprint density at radius 3 is 2.75 bits per heavy atom. The van der Waals surface area contributed by atoms with E-state index in [0.717, 1.165) is 11.3 Å². The molecule has 0 saturated carbocycles. The van der Waals surface area contributed by atoms with E-state index in [9.17, 15) is 18.0 Å². The molecule has 1 aromatic carbocycles. The van der Waals surface area contributed by atoms with Crippen molar-refractivity contribution >= 4 is 21.6 Å². The van der Waals surface area contributed by atoms with Crippen molar-refractivity contribution in [2.24, 2.45) is 5.92 Å².